The minimum absolute atomic E-state index is 0.0781. The Bertz CT molecular complexity index is 854. The molecule has 0 bridgehead atoms. The number of carbonyl (C=O) groups excluding carboxylic acids is 1. The molecule has 3 rings (SSSR count). The number of furan rings is 1. The van der Waals surface area contributed by atoms with Crippen molar-refractivity contribution in [3.05, 3.63) is 48.0 Å². The Hall–Kier alpha value is -2.41. The van der Waals surface area contributed by atoms with Crippen LogP contribution in [0.25, 0.3) is 16.8 Å². The number of esters is 1. The molecule has 0 unspecified atom stereocenters. The Morgan fingerprint density at radius 2 is 2.22 bits per heavy atom. The minimum atomic E-state index is -3.67. The predicted molar refractivity (Wildman–Crippen MR) is 78.6 cm³/mol. The van der Waals surface area contributed by atoms with E-state index < -0.39 is 17.0 Å². The molecule has 23 heavy (non-hydrogen) atoms. The highest BCUT2D eigenvalue weighted by atomic mass is 35.5. The van der Waals surface area contributed by atoms with Crippen molar-refractivity contribution in [2.24, 2.45) is 0 Å². The highest BCUT2D eigenvalue weighted by molar-refractivity contribution is 6.21. The van der Waals surface area contributed by atoms with Gasteiger partial charge >= 0.3 is 11.4 Å². The van der Waals surface area contributed by atoms with Crippen LogP contribution in [0.3, 0.4) is 0 Å². The lowest BCUT2D eigenvalue weighted by Gasteiger charge is -2.11. The van der Waals surface area contributed by atoms with Gasteiger partial charge in [-0.25, -0.2) is 9.31 Å². The molecule has 0 aliphatic rings. The maximum Gasteiger partial charge on any atom is 0.364 e. The van der Waals surface area contributed by atoms with Crippen LogP contribution in [0.4, 0.5) is 8.78 Å². The van der Waals surface area contributed by atoms with E-state index in [4.69, 9.17) is 20.8 Å². The maximum atomic E-state index is 13.7. The topological polar surface area (TPSA) is 56.7 Å². The fraction of sp³-hybridized carbons (Fsp3) is 0.200. The second-order valence-corrected chi connectivity index (χ2v) is 5.17. The van der Waals surface area contributed by atoms with Crippen LogP contribution in [0.1, 0.15) is 23.1 Å². The van der Waals surface area contributed by atoms with Gasteiger partial charge in [0.2, 0.25) is 0 Å². The lowest BCUT2D eigenvalue weighted by atomic mass is 10.1. The van der Waals surface area contributed by atoms with E-state index in [1.807, 2.05) is 0 Å². The average molecular weight is 341 g/mol. The molecule has 0 aliphatic heterocycles. The van der Waals surface area contributed by atoms with Gasteiger partial charge in [0.15, 0.2) is 5.69 Å². The van der Waals surface area contributed by atoms with Crippen molar-refractivity contribution in [1.82, 2.24) is 9.61 Å². The number of hydrogen-bond acceptors (Lipinski definition) is 4. The molecule has 0 N–H and O–H groups in total. The third-order valence-electron chi connectivity index (χ3n) is 3.14. The summed E-state index contributed by atoms with van der Waals surface area (Å²) in [6, 6.07) is 7.36. The van der Waals surface area contributed by atoms with Gasteiger partial charge in [-0.05, 0) is 48.9 Å². The van der Waals surface area contributed by atoms with Crippen molar-refractivity contribution in [1.29, 1.82) is 0 Å². The van der Waals surface area contributed by atoms with Gasteiger partial charge < -0.3 is 9.15 Å². The summed E-state index contributed by atoms with van der Waals surface area (Å²) in [7, 11) is 0. The zero-order chi connectivity index (χ0) is 16.6. The Balaban J connectivity index is 2.21. The summed E-state index contributed by atoms with van der Waals surface area (Å²) in [5.74, 6) is -0.298. The molecule has 0 saturated heterocycles. The maximum absolute atomic E-state index is 13.7. The number of pyridine rings is 1. The molecule has 120 valence electrons. The van der Waals surface area contributed by atoms with Crippen LogP contribution in [0, 0.1) is 0 Å². The van der Waals surface area contributed by atoms with E-state index in [2.05, 4.69) is 5.10 Å². The summed E-state index contributed by atoms with van der Waals surface area (Å²) in [4.78, 5) is 11.8. The zero-order valence-electron chi connectivity index (χ0n) is 11.9. The van der Waals surface area contributed by atoms with E-state index in [0.29, 0.717) is 11.3 Å². The van der Waals surface area contributed by atoms with Gasteiger partial charge in [0.1, 0.15) is 11.5 Å². The molecule has 5 nitrogen and oxygen atoms in total. The van der Waals surface area contributed by atoms with Crippen molar-refractivity contribution in [3.8, 4) is 11.3 Å². The van der Waals surface area contributed by atoms with Gasteiger partial charge in [-0.2, -0.15) is 13.9 Å². The first kappa shape index (κ1) is 15.5. The second kappa shape index (κ2) is 5.66. The molecule has 3 aromatic rings. The lowest BCUT2D eigenvalue weighted by molar-refractivity contribution is 0.0517. The van der Waals surface area contributed by atoms with Gasteiger partial charge in [-0.1, -0.05) is 0 Å². The highest BCUT2D eigenvalue weighted by Crippen LogP contribution is 2.35. The van der Waals surface area contributed by atoms with Gasteiger partial charge in [-0.15, -0.1) is 0 Å². The van der Waals surface area contributed by atoms with Gasteiger partial charge in [0, 0.05) is 5.56 Å². The quantitative estimate of drug-likeness (QED) is 0.531. The van der Waals surface area contributed by atoms with Crippen LogP contribution in [-0.4, -0.2) is 22.2 Å². The Morgan fingerprint density at radius 3 is 2.83 bits per heavy atom. The van der Waals surface area contributed by atoms with Crippen molar-refractivity contribution in [2.45, 2.75) is 12.3 Å². The Labute approximate surface area is 134 Å². The molecule has 0 fully saturated rings. The number of aromatic nitrogens is 2. The normalized spacial score (nSPS) is 11.8. The van der Waals surface area contributed by atoms with E-state index in [9.17, 15) is 13.6 Å². The third-order valence-corrected chi connectivity index (χ3v) is 3.34. The van der Waals surface area contributed by atoms with Crippen LogP contribution in [0.2, 0.25) is 0 Å². The van der Waals surface area contributed by atoms with E-state index in [1.54, 1.807) is 25.1 Å². The molecule has 0 spiro atoms. The minimum Gasteiger partial charge on any atom is -0.464 e. The van der Waals surface area contributed by atoms with Gasteiger partial charge in [0.05, 0.1) is 18.4 Å². The molecule has 0 atom stereocenters. The van der Waals surface area contributed by atoms with Gasteiger partial charge in [0.25, 0.3) is 0 Å². The first-order valence-corrected chi connectivity index (χ1v) is 7.10. The predicted octanol–water partition coefficient (Wildman–Crippen LogP) is 4.06. The molecule has 0 amide bonds. The molecule has 3 heterocycles. The van der Waals surface area contributed by atoms with Crippen molar-refractivity contribution < 1.29 is 22.7 Å². The molecule has 0 aromatic carbocycles. The molecule has 0 saturated carbocycles. The summed E-state index contributed by atoms with van der Waals surface area (Å²) >= 11 is 5.18. The first-order chi connectivity index (χ1) is 10.9. The zero-order valence-corrected chi connectivity index (χ0v) is 12.7. The smallest absolute Gasteiger partial charge is 0.364 e. The van der Waals surface area contributed by atoms with Crippen molar-refractivity contribution in [2.75, 3.05) is 6.61 Å². The molecule has 3 aromatic heterocycles. The Morgan fingerprint density at radius 1 is 1.43 bits per heavy atom. The van der Waals surface area contributed by atoms with Crippen molar-refractivity contribution in [3.63, 3.8) is 0 Å². The van der Waals surface area contributed by atoms with Crippen molar-refractivity contribution >= 4 is 23.1 Å². The average Bonchev–Trinajstić information content (AvgIpc) is 3.14. The first-order valence-electron chi connectivity index (χ1n) is 6.72. The van der Waals surface area contributed by atoms with E-state index in [-0.39, 0.29) is 17.8 Å². The number of rotatable bonds is 4. The summed E-state index contributed by atoms with van der Waals surface area (Å²) < 4.78 is 38.4. The number of carbonyl (C=O) groups is 1. The number of fused-ring (bicyclic) bond motifs is 1. The summed E-state index contributed by atoms with van der Waals surface area (Å²) in [5.41, 5.74) is 0.0228. The number of halogens is 3. The van der Waals surface area contributed by atoms with Crippen LogP contribution in [0.5, 0.6) is 0 Å². The number of alkyl halides is 3. The van der Waals surface area contributed by atoms with Crippen LogP contribution >= 0.6 is 11.6 Å². The summed E-state index contributed by atoms with van der Waals surface area (Å²) in [6.07, 6.45) is 1.43. The lowest BCUT2D eigenvalue weighted by Crippen LogP contribution is -2.12. The fourth-order valence-corrected chi connectivity index (χ4v) is 2.33. The van der Waals surface area contributed by atoms with Crippen LogP contribution in [0.15, 0.2) is 41.0 Å². The highest BCUT2D eigenvalue weighted by Gasteiger charge is 2.33. The molecule has 0 aliphatic carbocycles. The van der Waals surface area contributed by atoms with E-state index >= 15 is 0 Å². The Kier molecular flexibility index (Phi) is 3.81. The van der Waals surface area contributed by atoms with E-state index in [1.165, 1.54) is 18.4 Å². The monoisotopic (exact) mass is 340 g/mol. The molecular weight excluding hydrogens is 330 g/mol. The molecule has 0 radical (unpaired) electrons. The largest absolute Gasteiger partial charge is 0.464 e. The van der Waals surface area contributed by atoms with E-state index in [0.717, 1.165) is 4.52 Å². The number of ether oxygens (including phenoxy) is 1. The standard InChI is InChI=1S/C15H11ClF2N2O3/c1-2-22-14(21)11-8-10-6-9(12-4-3-5-23-12)7-13(15(16,17)18)20(10)19-11/h3-8H,2H2,1H3. The second-order valence-electron chi connectivity index (χ2n) is 4.69. The summed E-state index contributed by atoms with van der Waals surface area (Å²) in [5, 5.41) is 0.199. The number of hydrogen-bond donors (Lipinski definition) is 0. The van der Waals surface area contributed by atoms with Crippen LogP contribution in [-0.2, 0) is 10.1 Å². The molecule has 8 heteroatoms. The summed E-state index contributed by atoms with van der Waals surface area (Å²) in [6.45, 7) is 1.80. The SMILES string of the molecule is CCOC(=O)c1cc2cc(-c3ccco3)cc(C(F)(F)Cl)n2n1. The fourth-order valence-electron chi connectivity index (χ4n) is 2.19. The molecular formula is C15H11ClF2N2O3. The third kappa shape index (κ3) is 2.92. The van der Waals surface area contributed by atoms with Gasteiger partial charge in [-0.3, -0.25) is 0 Å². The number of nitrogens with zero attached hydrogens (tertiary/aromatic N) is 2. The van der Waals surface area contributed by atoms with Crippen LogP contribution < -0.4 is 0 Å².